The lowest BCUT2D eigenvalue weighted by molar-refractivity contribution is -0.143. The molecule has 1 aromatic heterocycles. The van der Waals surface area contributed by atoms with Gasteiger partial charge in [-0.05, 0) is 26.2 Å². The van der Waals surface area contributed by atoms with Gasteiger partial charge in [-0.25, -0.2) is 4.79 Å². The molecule has 1 aromatic rings. The Morgan fingerprint density at radius 2 is 2.00 bits per heavy atom. The number of alkyl halides is 3. The van der Waals surface area contributed by atoms with E-state index in [1.807, 2.05) is 0 Å². The normalized spacial score (nSPS) is 16.0. The molecule has 134 valence electrons. The minimum absolute atomic E-state index is 0.191. The zero-order chi connectivity index (χ0) is 18.1. The third kappa shape index (κ3) is 4.97. The fraction of sp³-hybridized carbons (Fsp3) is 0.667. The lowest BCUT2D eigenvalue weighted by Crippen LogP contribution is -2.41. The van der Waals surface area contributed by atoms with Crippen LogP contribution in [0.1, 0.15) is 36.2 Å². The summed E-state index contributed by atoms with van der Waals surface area (Å²) in [6, 6.07) is -0.962. The summed E-state index contributed by atoms with van der Waals surface area (Å²) in [7, 11) is 0. The van der Waals surface area contributed by atoms with E-state index in [-0.39, 0.29) is 12.1 Å². The Morgan fingerprint density at radius 1 is 1.38 bits per heavy atom. The second-order valence-corrected chi connectivity index (χ2v) is 6.24. The maximum Gasteiger partial charge on any atom is 0.408 e. The van der Waals surface area contributed by atoms with Crippen LogP contribution in [0.25, 0.3) is 0 Å². The smallest absolute Gasteiger partial charge is 0.408 e. The van der Waals surface area contributed by atoms with Crippen molar-refractivity contribution in [2.75, 3.05) is 0 Å². The van der Waals surface area contributed by atoms with Gasteiger partial charge in [0, 0.05) is 11.3 Å². The van der Waals surface area contributed by atoms with Crippen molar-refractivity contribution >= 4 is 11.9 Å². The highest BCUT2D eigenvalue weighted by atomic mass is 19.4. The molecule has 0 bridgehead atoms. The number of carbonyl (C=O) groups excluding carboxylic acids is 1. The standard InChI is InChI=1S/C15H20F3N3O3/c1-8-11(9(2)21(20-8)7-15(16,17)18)6-13(22)19-12(14(23)24)5-10-3-4-10/h10,12H,3-7H2,1-2H3,(H,19,22)(H,23,24). The molecule has 2 N–H and O–H groups in total. The monoisotopic (exact) mass is 347 g/mol. The molecular formula is C15H20F3N3O3. The highest BCUT2D eigenvalue weighted by Gasteiger charge is 2.32. The van der Waals surface area contributed by atoms with Gasteiger partial charge in [0.05, 0.1) is 12.1 Å². The van der Waals surface area contributed by atoms with Crippen LogP contribution < -0.4 is 5.32 Å². The number of aromatic nitrogens is 2. The summed E-state index contributed by atoms with van der Waals surface area (Å²) in [5.74, 6) is -1.30. The fourth-order valence-electron chi connectivity index (χ4n) is 2.63. The van der Waals surface area contributed by atoms with Crippen LogP contribution in [0.15, 0.2) is 0 Å². The topological polar surface area (TPSA) is 84.2 Å². The summed E-state index contributed by atoms with van der Waals surface area (Å²) < 4.78 is 38.3. The van der Waals surface area contributed by atoms with Crippen LogP contribution in [0.4, 0.5) is 13.2 Å². The zero-order valence-corrected chi connectivity index (χ0v) is 13.5. The Labute approximate surface area is 137 Å². The van der Waals surface area contributed by atoms with Crippen molar-refractivity contribution < 1.29 is 27.9 Å². The number of carboxylic acids is 1. The zero-order valence-electron chi connectivity index (χ0n) is 13.5. The average molecular weight is 347 g/mol. The minimum Gasteiger partial charge on any atom is -0.480 e. The summed E-state index contributed by atoms with van der Waals surface area (Å²) >= 11 is 0. The predicted octanol–water partition coefficient (Wildman–Crippen LogP) is 1.97. The molecule has 9 heteroatoms. The van der Waals surface area contributed by atoms with Crippen LogP contribution in [-0.4, -0.2) is 39.0 Å². The van der Waals surface area contributed by atoms with Crippen molar-refractivity contribution in [3.8, 4) is 0 Å². The van der Waals surface area contributed by atoms with E-state index in [2.05, 4.69) is 10.4 Å². The van der Waals surface area contributed by atoms with E-state index in [0.717, 1.165) is 17.5 Å². The van der Waals surface area contributed by atoms with Crippen molar-refractivity contribution in [3.05, 3.63) is 17.0 Å². The first-order valence-corrected chi connectivity index (χ1v) is 7.68. The molecule has 0 saturated heterocycles. The number of rotatable bonds is 7. The molecule has 1 aliphatic carbocycles. The number of carbonyl (C=O) groups is 2. The van der Waals surface area contributed by atoms with Crippen molar-refractivity contribution in [2.45, 2.75) is 58.3 Å². The van der Waals surface area contributed by atoms with E-state index in [1.165, 1.54) is 13.8 Å². The first-order chi connectivity index (χ1) is 11.1. The van der Waals surface area contributed by atoms with Gasteiger partial charge in [0.15, 0.2) is 0 Å². The summed E-state index contributed by atoms with van der Waals surface area (Å²) in [5.41, 5.74) is 0.988. The Morgan fingerprint density at radius 3 is 2.50 bits per heavy atom. The van der Waals surface area contributed by atoms with E-state index >= 15 is 0 Å². The molecule has 0 radical (unpaired) electrons. The van der Waals surface area contributed by atoms with Crippen LogP contribution in [0, 0.1) is 19.8 Å². The Balaban J connectivity index is 2.03. The number of amides is 1. The van der Waals surface area contributed by atoms with Gasteiger partial charge >= 0.3 is 12.1 Å². The van der Waals surface area contributed by atoms with Crippen molar-refractivity contribution in [1.82, 2.24) is 15.1 Å². The van der Waals surface area contributed by atoms with Crippen molar-refractivity contribution in [3.63, 3.8) is 0 Å². The third-order valence-corrected chi connectivity index (χ3v) is 4.10. The number of halogens is 3. The van der Waals surface area contributed by atoms with Gasteiger partial charge in [-0.1, -0.05) is 12.8 Å². The number of carboxylic acid groups (broad SMARTS) is 1. The van der Waals surface area contributed by atoms with E-state index in [1.54, 1.807) is 0 Å². The lowest BCUT2D eigenvalue weighted by Gasteiger charge is -2.14. The van der Waals surface area contributed by atoms with Crippen LogP contribution in [0.5, 0.6) is 0 Å². The molecule has 1 amide bonds. The highest BCUT2D eigenvalue weighted by molar-refractivity contribution is 5.85. The van der Waals surface area contributed by atoms with Gasteiger partial charge in [0.2, 0.25) is 5.91 Å². The maximum atomic E-state index is 12.5. The molecule has 0 spiro atoms. The number of nitrogens with one attached hydrogen (secondary N) is 1. The average Bonchev–Trinajstić information content (AvgIpc) is 3.20. The van der Waals surface area contributed by atoms with Crippen LogP contribution in [0.2, 0.25) is 0 Å². The number of hydrogen-bond donors (Lipinski definition) is 2. The summed E-state index contributed by atoms with van der Waals surface area (Å²) in [5, 5.41) is 15.4. The highest BCUT2D eigenvalue weighted by Crippen LogP contribution is 2.33. The SMILES string of the molecule is Cc1nn(CC(F)(F)F)c(C)c1CC(=O)NC(CC1CC1)C(=O)O. The van der Waals surface area contributed by atoms with Crippen molar-refractivity contribution in [2.24, 2.45) is 5.92 Å². The minimum atomic E-state index is -4.40. The van der Waals surface area contributed by atoms with E-state index in [4.69, 9.17) is 5.11 Å². The molecule has 1 heterocycles. The second kappa shape index (κ2) is 6.82. The Hall–Kier alpha value is -2.06. The Bertz CT molecular complexity index is 636. The maximum absolute atomic E-state index is 12.5. The molecule has 6 nitrogen and oxygen atoms in total. The Kier molecular flexibility index (Phi) is 5.19. The van der Waals surface area contributed by atoms with E-state index in [9.17, 15) is 22.8 Å². The second-order valence-electron chi connectivity index (χ2n) is 6.24. The molecular weight excluding hydrogens is 327 g/mol. The summed E-state index contributed by atoms with van der Waals surface area (Å²) in [4.78, 5) is 23.3. The molecule has 0 aliphatic heterocycles. The van der Waals surface area contributed by atoms with Gasteiger partial charge in [0.25, 0.3) is 0 Å². The molecule has 0 aromatic carbocycles. The van der Waals surface area contributed by atoms with E-state index in [0.29, 0.717) is 23.6 Å². The first kappa shape index (κ1) is 18.3. The molecule has 1 atom stereocenters. The molecule has 1 fully saturated rings. The molecule has 1 unspecified atom stereocenters. The van der Waals surface area contributed by atoms with Gasteiger partial charge in [-0.3, -0.25) is 9.48 Å². The molecule has 2 rings (SSSR count). The molecule has 24 heavy (non-hydrogen) atoms. The number of aliphatic carboxylic acids is 1. The number of nitrogens with zero attached hydrogens (tertiary/aromatic N) is 2. The first-order valence-electron chi connectivity index (χ1n) is 7.68. The molecule has 1 saturated carbocycles. The van der Waals surface area contributed by atoms with Crippen LogP contribution >= 0.6 is 0 Å². The number of hydrogen-bond acceptors (Lipinski definition) is 3. The fourth-order valence-corrected chi connectivity index (χ4v) is 2.63. The molecule has 1 aliphatic rings. The van der Waals surface area contributed by atoms with Gasteiger partial charge in [-0.2, -0.15) is 18.3 Å². The van der Waals surface area contributed by atoms with Crippen molar-refractivity contribution in [1.29, 1.82) is 0 Å². The van der Waals surface area contributed by atoms with Crippen LogP contribution in [-0.2, 0) is 22.6 Å². The van der Waals surface area contributed by atoms with Gasteiger partial charge in [0.1, 0.15) is 12.6 Å². The van der Waals surface area contributed by atoms with Gasteiger partial charge < -0.3 is 10.4 Å². The summed E-state index contributed by atoms with van der Waals surface area (Å²) in [6.45, 7) is 1.77. The quantitative estimate of drug-likeness (QED) is 0.790. The largest absolute Gasteiger partial charge is 0.480 e. The predicted molar refractivity (Wildman–Crippen MR) is 78.4 cm³/mol. The van der Waals surface area contributed by atoms with Crippen LogP contribution in [0.3, 0.4) is 0 Å². The number of aryl methyl sites for hydroxylation is 1. The van der Waals surface area contributed by atoms with E-state index < -0.39 is 30.6 Å². The lowest BCUT2D eigenvalue weighted by atomic mass is 10.1. The summed E-state index contributed by atoms with van der Waals surface area (Å²) in [6.07, 6.45) is -2.29. The third-order valence-electron chi connectivity index (χ3n) is 4.10. The van der Waals surface area contributed by atoms with Gasteiger partial charge in [-0.15, -0.1) is 0 Å².